The van der Waals surface area contributed by atoms with Crippen LogP contribution in [0.3, 0.4) is 0 Å². The van der Waals surface area contributed by atoms with Gasteiger partial charge in [-0.1, -0.05) is 55.9 Å². The van der Waals surface area contributed by atoms with Gasteiger partial charge in [0.05, 0.1) is 40.3 Å². The first-order valence-corrected chi connectivity index (χ1v) is 11.1. The number of ether oxygens (including phenoxy) is 1. The van der Waals surface area contributed by atoms with Gasteiger partial charge in [-0.15, -0.1) is 0 Å². The number of nitrogens with two attached hydrogens (primary N) is 1. The van der Waals surface area contributed by atoms with Crippen LogP contribution in [0.2, 0.25) is 0 Å². The summed E-state index contributed by atoms with van der Waals surface area (Å²) < 4.78 is 8.31. The fraction of sp³-hybridized carbons (Fsp3) is 0.348. The molecular weight excluding hydrogens is 394 g/mol. The molecule has 0 radical (unpaired) electrons. The fourth-order valence-corrected chi connectivity index (χ4v) is 4.61. The number of thiazole rings is 1. The highest BCUT2D eigenvalue weighted by atomic mass is 32.1. The van der Waals surface area contributed by atoms with Gasteiger partial charge < -0.3 is 15.0 Å². The number of nitrogen functional groups attached to an aromatic ring is 1. The first kappa shape index (κ1) is 20.2. The number of rotatable bonds is 3. The Morgan fingerprint density at radius 2 is 1.83 bits per heavy atom. The summed E-state index contributed by atoms with van der Waals surface area (Å²) in [5.74, 6) is 0.539. The zero-order valence-corrected chi connectivity index (χ0v) is 17.9. The maximum absolute atomic E-state index is 9.27. The highest BCUT2D eigenvalue weighted by Crippen LogP contribution is 2.27. The maximum Gasteiger partial charge on any atom is 0.181 e. The minimum absolute atomic E-state index is 0.498. The van der Waals surface area contributed by atoms with Gasteiger partial charge in [0, 0.05) is 12.6 Å². The van der Waals surface area contributed by atoms with Crippen molar-refractivity contribution in [2.24, 2.45) is 0 Å². The largest absolute Gasteiger partial charge is 0.495 e. The summed E-state index contributed by atoms with van der Waals surface area (Å²) in [4.78, 5) is 8.68. The average Bonchev–Trinajstić information content (AvgIpc) is 3.35. The lowest BCUT2D eigenvalue weighted by Crippen LogP contribution is -1.98. The van der Waals surface area contributed by atoms with Crippen LogP contribution in [0.1, 0.15) is 49.7 Å². The Kier molecular flexibility index (Phi) is 6.15. The first-order chi connectivity index (χ1) is 14.7. The Morgan fingerprint density at radius 1 is 1.10 bits per heavy atom. The monoisotopic (exact) mass is 419 g/mol. The number of imidazole rings is 1. The van der Waals surface area contributed by atoms with E-state index in [9.17, 15) is 5.26 Å². The van der Waals surface area contributed by atoms with Crippen LogP contribution in [-0.4, -0.2) is 21.6 Å². The van der Waals surface area contributed by atoms with Crippen LogP contribution in [0, 0.1) is 11.3 Å². The Labute approximate surface area is 179 Å². The standard InChI is InChI=1S/C17H13N5OS.C6H12/c1-23-15-6-13-14(5-11(15)7-18)22(9-20-13)8-10-2-3-12-16(4-10)24-17(19)21-12;1-2-4-6-5-3-1/h2-6,9H,8H2,1H3,(H2,19,21);1-6H2. The molecule has 1 aliphatic rings. The molecule has 1 aliphatic carbocycles. The van der Waals surface area contributed by atoms with Gasteiger partial charge in [-0.3, -0.25) is 0 Å². The molecule has 0 unspecified atom stereocenters. The molecule has 7 heteroatoms. The highest BCUT2D eigenvalue weighted by Gasteiger charge is 2.11. The van der Waals surface area contributed by atoms with Crippen molar-refractivity contribution in [2.45, 2.75) is 45.1 Å². The Hall–Kier alpha value is -3.11. The number of fused-ring (bicyclic) bond motifs is 2. The number of nitriles is 1. The summed E-state index contributed by atoms with van der Waals surface area (Å²) in [6, 6.07) is 11.8. The van der Waals surface area contributed by atoms with Crippen molar-refractivity contribution >= 4 is 37.7 Å². The second-order valence-corrected chi connectivity index (χ2v) is 8.56. The summed E-state index contributed by atoms with van der Waals surface area (Å²) in [7, 11) is 1.55. The van der Waals surface area contributed by atoms with Gasteiger partial charge in [0.25, 0.3) is 0 Å². The summed E-state index contributed by atoms with van der Waals surface area (Å²) in [5.41, 5.74) is 9.99. The fourth-order valence-electron chi connectivity index (χ4n) is 3.81. The molecule has 2 aromatic carbocycles. The molecule has 6 nitrogen and oxygen atoms in total. The number of benzene rings is 2. The normalized spacial score (nSPS) is 13.6. The molecule has 0 amide bonds. The predicted molar refractivity (Wildman–Crippen MR) is 122 cm³/mol. The number of anilines is 1. The smallest absolute Gasteiger partial charge is 0.181 e. The van der Waals surface area contributed by atoms with Crippen LogP contribution in [0.5, 0.6) is 5.75 Å². The van der Waals surface area contributed by atoms with Crippen molar-refractivity contribution in [1.29, 1.82) is 5.26 Å². The molecule has 0 aliphatic heterocycles. The van der Waals surface area contributed by atoms with Crippen molar-refractivity contribution in [3.05, 3.63) is 47.8 Å². The third-order valence-corrected chi connectivity index (χ3v) is 6.23. The molecule has 2 aromatic heterocycles. The molecule has 1 saturated carbocycles. The quantitative estimate of drug-likeness (QED) is 0.474. The van der Waals surface area contributed by atoms with E-state index in [1.807, 2.05) is 22.8 Å². The van der Waals surface area contributed by atoms with Gasteiger partial charge >= 0.3 is 0 Å². The number of aromatic nitrogens is 3. The Morgan fingerprint density at radius 3 is 2.50 bits per heavy atom. The molecule has 4 aromatic rings. The maximum atomic E-state index is 9.27. The van der Waals surface area contributed by atoms with Gasteiger partial charge in [-0.25, -0.2) is 9.97 Å². The highest BCUT2D eigenvalue weighted by molar-refractivity contribution is 7.22. The van der Waals surface area contributed by atoms with Crippen LogP contribution >= 0.6 is 11.3 Å². The average molecular weight is 420 g/mol. The summed E-state index contributed by atoms with van der Waals surface area (Å²) in [5, 5.41) is 9.84. The summed E-state index contributed by atoms with van der Waals surface area (Å²) in [6.07, 6.45) is 10.8. The molecule has 1 fully saturated rings. The van der Waals surface area contributed by atoms with E-state index in [4.69, 9.17) is 10.5 Å². The van der Waals surface area contributed by atoms with Crippen LogP contribution in [0.15, 0.2) is 36.7 Å². The third kappa shape index (κ3) is 4.39. The molecule has 2 N–H and O–H groups in total. The molecule has 0 saturated heterocycles. The van der Waals surface area contributed by atoms with E-state index in [2.05, 4.69) is 22.1 Å². The van der Waals surface area contributed by atoms with Gasteiger partial charge in [-0.05, 0) is 23.8 Å². The number of nitrogens with zero attached hydrogens (tertiary/aromatic N) is 4. The van der Waals surface area contributed by atoms with Gasteiger partial charge in [-0.2, -0.15) is 5.26 Å². The van der Waals surface area contributed by atoms with Crippen molar-refractivity contribution in [2.75, 3.05) is 12.8 Å². The predicted octanol–water partition coefficient (Wildman–Crippen LogP) is 5.50. The van der Waals surface area contributed by atoms with Crippen molar-refractivity contribution in [3.63, 3.8) is 0 Å². The lowest BCUT2D eigenvalue weighted by Gasteiger charge is -2.07. The molecule has 0 spiro atoms. The lowest BCUT2D eigenvalue weighted by molar-refractivity contribution is 0.414. The van der Waals surface area contributed by atoms with E-state index in [1.165, 1.54) is 49.9 Å². The van der Waals surface area contributed by atoms with E-state index >= 15 is 0 Å². The summed E-state index contributed by atoms with van der Waals surface area (Å²) in [6.45, 7) is 0.654. The molecule has 154 valence electrons. The topological polar surface area (TPSA) is 89.8 Å². The van der Waals surface area contributed by atoms with Crippen molar-refractivity contribution in [3.8, 4) is 11.8 Å². The zero-order chi connectivity index (χ0) is 20.9. The molecule has 0 bridgehead atoms. The van der Waals surface area contributed by atoms with E-state index < -0.39 is 0 Å². The molecular formula is C23H25N5OS. The van der Waals surface area contributed by atoms with Crippen LogP contribution < -0.4 is 10.5 Å². The van der Waals surface area contributed by atoms with E-state index in [0.29, 0.717) is 23.0 Å². The minimum Gasteiger partial charge on any atom is -0.495 e. The van der Waals surface area contributed by atoms with Crippen LogP contribution in [0.25, 0.3) is 21.3 Å². The van der Waals surface area contributed by atoms with Crippen molar-refractivity contribution < 1.29 is 4.74 Å². The minimum atomic E-state index is 0.498. The molecule has 30 heavy (non-hydrogen) atoms. The summed E-state index contributed by atoms with van der Waals surface area (Å²) >= 11 is 1.48. The molecule has 5 rings (SSSR count). The zero-order valence-electron chi connectivity index (χ0n) is 17.1. The Bertz CT molecular complexity index is 1190. The van der Waals surface area contributed by atoms with E-state index in [1.54, 1.807) is 19.5 Å². The molecule has 0 atom stereocenters. The molecule has 2 heterocycles. The van der Waals surface area contributed by atoms with E-state index in [-0.39, 0.29) is 0 Å². The lowest BCUT2D eigenvalue weighted by atomic mass is 10.0. The van der Waals surface area contributed by atoms with Crippen LogP contribution in [0.4, 0.5) is 5.13 Å². The number of hydrogen-bond donors (Lipinski definition) is 1. The third-order valence-electron chi connectivity index (χ3n) is 5.39. The van der Waals surface area contributed by atoms with Gasteiger partial charge in [0.15, 0.2) is 5.13 Å². The number of hydrogen-bond acceptors (Lipinski definition) is 6. The first-order valence-electron chi connectivity index (χ1n) is 10.3. The second kappa shape index (κ2) is 9.14. The Balaban J connectivity index is 0.000000313. The SMILES string of the molecule is C1CCCCC1.COc1cc2ncn(Cc3ccc4nc(N)sc4c3)c2cc1C#N. The van der Waals surface area contributed by atoms with Crippen molar-refractivity contribution in [1.82, 2.24) is 14.5 Å². The number of methoxy groups -OCH3 is 1. The van der Waals surface area contributed by atoms with E-state index in [0.717, 1.165) is 26.8 Å². The van der Waals surface area contributed by atoms with Gasteiger partial charge in [0.1, 0.15) is 11.8 Å². The van der Waals surface area contributed by atoms with Gasteiger partial charge in [0.2, 0.25) is 0 Å². The second-order valence-electron chi connectivity index (χ2n) is 7.50. The van der Waals surface area contributed by atoms with Crippen LogP contribution in [-0.2, 0) is 6.54 Å².